The molecule has 1 fully saturated rings. The second-order valence-electron chi connectivity index (χ2n) is 15.8. The molecule has 0 unspecified atom stereocenters. The lowest BCUT2D eigenvalue weighted by Crippen LogP contribution is -2.62. The highest BCUT2D eigenvalue weighted by Crippen LogP contribution is 2.30. The third-order valence-corrected chi connectivity index (χ3v) is 11.3. The Morgan fingerprint density at radius 3 is 2.37 bits per heavy atom. The van der Waals surface area contributed by atoms with Gasteiger partial charge in [-0.2, -0.15) is 0 Å². The molecule has 0 spiro atoms. The van der Waals surface area contributed by atoms with Gasteiger partial charge in [0.25, 0.3) is 5.91 Å². The fourth-order valence-electron chi connectivity index (χ4n) is 7.74. The molecule has 4 aromatic rings. The molecular weight excluding hydrogens is 723 g/mol. The number of hydrogen-bond acceptors (Lipinski definition) is 9. The van der Waals surface area contributed by atoms with Crippen LogP contribution in [0.1, 0.15) is 84.0 Å². The number of nitrogens with one attached hydrogen (secondary N) is 5. The van der Waals surface area contributed by atoms with Crippen molar-refractivity contribution in [3.05, 3.63) is 90.8 Å². The van der Waals surface area contributed by atoms with Gasteiger partial charge < -0.3 is 35.9 Å². The number of H-pyrrole nitrogens is 1. The lowest BCUT2D eigenvalue weighted by atomic mass is 9.81. The van der Waals surface area contributed by atoms with Crippen molar-refractivity contribution in [2.24, 2.45) is 17.8 Å². The van der Waals surface area contributed by atoms with E-state index in [1.54, 1.807) is 18.5 Å². The van der Waals surface area contributed by atoms with Gasteiger partial charge in [-0.15, -0.1) is 0 Å². The molecule has 0 saturated heterocycles. The quantitative estimate of drug-likeness (QED) is 0.0634. The number of carbonyl (C=O) groups is 3. The SMILES string of the molecule is CC[C@H](C)[C@H](N[C@H](C(C)C)[C@@H](O)[C@H](O)[C@H](CC1CCCCC1)NC(=O)[C@H](Cc1cnc[nH]1)NC(=O)COc1cccc2ccccc12)C(=O)NCc1ccccn1. The Morgan fingerprint density at radius 2 is 1.67 bits per heavy atom. The molecule has 2 aromatic carbocycles. The number of aliphatic hydroxyl groups is 2. The minimum atomic E-state index is -1.39. The molecule has 1 aliphatic carbocycles. The van der Waals surface area contributed by atoms with Crippen molar-refractivity contribution in [3.8, 4) is 5.75 Å². The summed E-state index contributed by atoms with van der Waals surface area (Å²) < 4.78 is 5.93. The van der Waals surface area contributed by atoms with Crippen LogP contribution in [0, 0.1) is 17.8 Å². The monoisotopic (exact) mass is 783 g/mol. The van der Waals surface area contributed by atoms with Crippen molar-refractivity contribution in [1.82, 2.24) is 36.2 Å². The first kappa shape index (κ1) is 43.3. The van der Waals surface area contributed by atoms with E-state index in [4.69, 9.17) is 4.74 Å². The summed E-state index contributed by atoms with van der Waals surface area (Å²) >= 11 is 0. The van der Waals surface area contributed by atoms with E-state index in [0.717, 1.165) is 48.6 Å². The molecule has 2 aromatic heterocycles. The van der Waals surface area contributed by atoms with Gasteiger partial charge in [-0.05, 0) is 47.8 Å². The number of benzene rings is 2. The molecule has 7 atom stereocenters. The summed E-state index contributed by atoms with van der Waals surface area (Å²) in [5.74, 6) is -0.716. The lowest BCUT2D eigenvalue weighted by molar-refractivity contribution is -0.131. The molecule has 7 N–H and O–H groups in total. The summed E-state index contributed by atoms with van der Waals surface area (Å²) in [5, 5.41) is 38.2. The largest absolute Gasteiger partial charge is 0.483 e. The molecule has 1 aliphatic rings. The minimum absolute atomic E-state index is 0.0893. The highest BCUT2D eigenvalue weighted by molar-refractivity contribution is 5.90. The van der Waals surface area contributed by atoms with E-state index in [9.17, 15) is 24.6 Å². The third kappa shape index (κ3) is 12.6. The predicted molar refractivity (Wildman–Crippen MR) is 220 cm³/mol. The van der Waals surface area contributed by atoms with Crippen LogP contribution in [0.15, 0.2) is 79.4 Å². The van der Waals surface area contributed by atoms with Gasteiger partial charge in [-0.25, -0.2) is 4.98 Å². The van der Waals surface area contributed by atoms with Crippen LogP contribution in [0.5, 0.6) is 5.75 Å². The lowest BCUT2D eigenvalue weighted by Gasteiger charge is -2.39. The van der Waals surface area contributed by atoms with Crippen molar-refractivity contribution in [1.29, 1.82) is 0 Å². The molecule has 57 heavy (non-hydrogen) atoms. The average Bonchev–Trinajstić information content (AvgIpc) is 3.75. The second kappa shape index (κ2) is 21.6. The molecule has 0 radical (unpaired) electrons. The van der Waals surface area contributed by atoms with E-state index >= 15 is 0 Å². The van der Waals surface area contributed by atoms with Crippen molar-refractivity contribution >= 4 is 28.5 Å². The van der Waals surface area contributed by atoms with E-state index in [2.05, 4.69) is 36.2 Å². The number of hydrogen-bond donors (Lipinski definition) is 7. The Morgan fingerprint density at radius 1 is 0.912 bits per heavy atom. The first-order valence-electron chi connectivity index (χ1n) is 20.5. The summed E-state index contributed by atoms with van der Waals surface area (Å²) in [7, 11) is 0. The molecule has 0 aliphatic heterocycles. The van der Waals surface area contributed by atoms with E-state index in [0.29, 0.717) is 24.3 Å². The summed E-state index contributed by atoms with van der Waals surface area (Å²) in [6.07, 6.45) is 8.46. The number of nitrogens with zero attached hydrogens (tertiary/aromatic N) is 2. The number of imidazole rings is 1. The maximum Gasteiger partial charge on any atom is 0.258 e. The fraction of sp³-hybridized carbons (Fsp3) is 0.523. The maximum atomic E-state index is 14.3. The number of aromatic amines is 1. The number of carbonyl (C=O) groups excluding carboxylic acids is 3. The van der Waals surface area contributed by atoms with Crippen LogP contribution in [0.3, 0.4) is 0 Å². The first-order valence-corrected chi connectivity index (χ1v) is 20.5. The van der Waals surface area contributed by atoms with Crippen molar-refractivity contribution in [2.75, 3.05) is 6.61 Å². The van der Waals surface area contributed by atoms with E-state index < -0.39 is 48.2 Å². The molecule has 308 valence electrons. The van der Waals surface area contributed by atoms with Gasteiger partial charge in [0, 0.05) is 35.9 Å². The average molecular weight is 784 g/mol. The molecule has 1 saturated carbocycles. The smallest absolute Gasteiger partial charge is 0.258 e. The third-order valence-electron chi connectivity index (χ3n) is 11.3. The predicted octanol–water partition coefficient (Wildman–Crippen LogP) is 4.59. The van der Waals surface area contributed by atoms with Crippen molar-refractivity contribution < 1.29 is 29.3 Å². The Balaban J connectivity index is 1.32. The van der Waals surface area contributed by atoms with Crippen LogP contribution in [-0.2, 0) is 27.3 Å². The van der Waals surface area contributed by atoms with Crippen LogP contribution in [0.25, 0.3) is 10.8 Å². The molecule has 13 nitrogen and oxygen atoms in total. The Kier molecular flexibility index (Phi) is 16.4. The molecule has 13 heteroatoms. The van der Waals surface area contributed by atoms with Gasteiger partial charge in [-0.1, -0.05) is 109 Å². The van der Waals surface area contributed by atoms with Gasteiger partial charge in [0.2, 0.25) is 11.8 Å². The zero-order valence-corrected chi connectivity index (χ0v) is 33.7. The zero-order valence-electron chi connectivity index (χ0n) is 33.7. The molecular formula is C44H61N7O6. The summed E-state index contributed by atoms with van der Waals surface area (Å²) in [6, 6.07) is 15.6. The van der Waals surface area contributed by atoms with Crippen LogP contribution < -0.4 is 26.0 Å². The number of rotatable bonds is 21. The minimum Gasteiger partial charge on any atom is -0.483 e. The maximum absolute atomic E-state index is 14.3. The topological polar surface area (TPSA) is 191 Å². The van der Waals surface area contributed by atoms with Crippen molar-refractivity contribution in [3.63, 3.8) is 0 Å². The van der Waals surface area contributed by atoms with Crippen LogP contribution in [-0.4, -0.2) is 85.9 Å². The Bertz CT molecular complexity index is 1830. The number of aliphatic hydroxyl groups excluding tert-OH is 2. The van der Waals surface area contributed by atoms with Gasteiger partial charge in [0.05, 0.1) is 36.8 Å². The highest BCUT2D eigenvalue weighted by atomic mass is 16.5. The van der Waals surface area contributed by atoms with Crippen LogP contribution >= 0.6 is 0 Å². The van der Waals surface area contributed by atoms with Gasteiger partial charge in [-0.3, -0.25) is 24.7 Å². The Hall–Kier alpha value is -4.85. The van der Waals surface area contributed by atoms with Gasteiger partial charge in [0.1, 0.15) is 17.9 Å². The van der Waals surface area contributed by atoms with Crippen molar-refractivity contribution in [2.45, 2.75) is 122 Å². The normalized spacial score (nSPS) is 17.2. The standard InChI is InChI=1S/C44H61N7O6/c1-5-29(4)40(44(56)47-25-32-18-11-12-21-46-32)51-39(28(2)3)42(54)41(53)35(22-30-14-7-6-8-15-30)50-43(55)36(23-33-24-45-27-48-33)49-38(52)26-57-37-20-13-17-31-16-9-10-19-34(31)37/h9-13,16-21,24,27-30,35-36,39-42,51,53-54H,5-8,14-15,22-23,25-26H2,1-4H3,(H,45,48)(H,47,56)(H,49,52)(H,50,55)/t29-,35-,36-,39+,40-,41+,42+/m0/s1. The van der Waals surface area contributed by atoms with Gasteiger partial charge in [0.15, 0.2) is 6.61 Å². The molecule has 2 heterocycles. The van der Waals surface area contributed by atoms with E-state index in [1.165, 1.54) is 6.33 Å². The van der Waals surface area contributed by atoms with E-state index in [-0.39, 0.29) is 43.2 Å². The van der Waals surface area contributed by atoms with Gasteiger partial charge >= 0.3 is 0 Å². The number of amides is 3. The number of pyridine rings is 1. The number of aromatic nitrogens is 3. The summed E-state index contributed by atoms with van der Waals surface area (Å²) in [6.45, 7) is 7.78. The number of fused-ring (bicyclic) bond motifs is 1. The molecule has 5 rings (SSSR count). The fourth-order valence-corrected chi connectivity index (χ4v) is 7.74. The van der Waals surface area contributed by atoms with Crippen LogP contribution in [0.2, 0.25) is 0 Å². The zero-order chi connectivity index (χ0) is 40.7. The van der Waals surface area contributed by atoms with Crippen LogP contribution in [0.4, 0.5) is 0 Å². The number of ether oxygens (including phenoxy) is 1. The summed E-state index contributed by atoms with van der Waals surface area (Å²) in [4.78, 5) is 52.7. The molecule has 3 amide bonds. The first-order chi connectivity index (χ1) is 27.5. The summed E-state index contributed by atoms with van der Waals surface area (Å²) in [5.41, 5.74) is 1.36. The Labute approximate surface area is 336 Å². The van der Waals surface area contributed by atoms with E-state index in [1.807, 2.05) is 82.3 Å². The molecule has 0 bridgehead atoms. The highest BCUT2D eigenvalue weighted by Gasteiger charge is 2.39. The second-order valence-corrected chi connectivity index (χ2v) is 15.8.